The van der Waals surface area contributed by atoms with Gasteiger partial charge in [-0.15, -0.1) is 10.2 Å². The van der Waals surface area contributed by atoms with E-state index in [-0.39, 0.29) is 10.7 Å². The molecule has 6 nitrogen and oxygen atoms in total. The first kappa shape index (κ1) is 8.89. The zero-order chi connectivity index (χ0) is 10.3. The standard InChI is InChI=1S/C7H6ClN5O/c1-3-10-11-7-4(6(9)14)2-5(8)12-13(3)7/h2H,1H3,(H2,9,14). The Balaban J connectivity index is 2.88. The van der Waals surface area contributed by atoms with Crippen LogP contribution in [0.1, 0.15) is 16.2 Å². The fourth-order valence-electron chi connectivity index (χ4n) is 1.13. The second-order valence-corrected chi connectivity index (χ2v) is 3.11. The van der Waals surface area contributed by atoms with E-state index in [2.05, 4.69) is 15.3 Å². The van der Waals surface area contributed by atoms with Crippen LogP contribution in [0.4, 0.5) is 0 Å². The SMILES string of the molecule is Cc1nnc2c(C(N)=O)cc(Cl)nn12. The zero-order valence-corrected chi connectivity index (χ0v) is 7.99. The highest BCUT2D eigenvalue weighted by atomic mass is 35.5. The quantitative estimate of drug-likeness (QED) is 0.729. The maximum absolute atomic E-state index is 11.0. The van der Waals surface area contributed by atoms with Crippen molar-refractivity contribution in [3.05, 3.63) is 22.6 Å². The summed E-state index contributed by atoms with van der Waals surface area (Å²) in [5, 5.41) is 11.6. The predicted octanol–water partition coefficient (Wildman–Crippen LogP) is 0.185. The summed E-state index contributed by atoms with van der Waals surface area (Å²) < 4.78 is 1.38. The average Bonchev–Trinajstić information content (AvgIpc) is 2.47. The Morgan fingerprint density at radius 3 is 2.93 bits per heavy atom. The van der Waals surface area contributed by atoms with Crippen LogP contribution in [-0.2, 0) is 0 Å². The number of nitrogens with two attached hydrogens (primary N) is 1. The minimum absolute atomic E-state index is 0.175. The molecule has 0 aliphatic carbocycles. The van der Waals surface area contributed by atoms with Crippen molar-refractivity contribution < 1.29 is 4.79 Å². The number of primary amides is 1. The Hall–Kier alpha value is -1.69. The molecule has 72 valence electrons. The summed E-state index contributed by atoms with van der Waals surface area (Å²) >= 11 is 5.70. The lowest BCUT2D eigenvalue weighted by molar-refractivity contribution is 0.100. The molecule has 7 heteroatoms. The molecule has 2 aromatic heterocycles. The van der Waals surface area contributed by atoms with E-state index in [9.17, 15) is 4.79 Å². The smallest absolute Gasteiger partial charge is 0.252 e. The van der Waals surface area contributed by atoms with Gasteiger partial charge in [0.2, 0.25) is 0 Å². The van der Waals surface area contributed by atoms with Gasteiger partial charge in [-0.1, -0.05) is 11.6 Å². The van der Waals surface area contributed by atoms with Gasteiger partial charge in [0.05, 0.1) is 5.56 Å². The average molecular weight is 212 g/mol. The largest absolute Gasteiger partial charge is 0.365 e. The molecule has 0 aliphatic heterocycles. The fourth-order valence-corrected chi connectivity index (χ4v) is 1.32. The molecule has 0 atom stereocenters. The third kappa shape index (κ3) is 1.20. The van der Waals surface area contributed by atoms with Crippen LogP contribution in [0.5, 0.6) is 0 Å². The van der Waals surface area contributed by atoms with Crippen molar-refractivity contribution in [3.63, 3.8) is 0 Å². The highest BCUT2D eigenvalue weighted by molar-refractivity contribution is 6.29. The van der Waals surface area contributed by atoms with Crippen molar-refractivity contribution in [2.24, 2.45) is 5.73 Å². The first-order valence-electron chi connectivity index (χ1n) is 3.78. The van der Waals surface area contributed by atoms with Crippen molar-refractivity contribution in [3.8, 4) is 0 Å². The van der Waals surface area contributed by atoms with Crippen molar-refractivity contribution >= 4 is 23.2 Å². The number of hydrogen-bond acceptors (Lipinski definition) is 4. The van der Waals surface area contributed by atoms with Crippen LogP contribution in [0.2, 0.25) is 5.15 Å². The van der Waals surface area contributed by atoms with E-state index in [1.54, 1.807) is 6.92 Å². The summed E-state index contributed by atoms with van der Waals surface area (Å²) in [6.07, 6.45) is 0. The molecule has 0 aromatic carbocycles. The number of amides is 1. The molecule has 0 aliphatic rings. The summed E-state index contributed by atoms with van der Waals surface area (Å²) in [5.74, 6) is -0.0586. The summed E-state index contributed by atoms with van der Waals surface area (Å²) in [6.45, 7) is 1.70. The Labute approximate surface area is 83.7 Å². The van der Waals surface area contributed by atoms with E-state index in [0.29, 0.717) is 11.5 Å². The van der Waals surface area contributed by atoms with Crippen molar-refractivity contribution in [2.45, 2.75) is 6.92 Å². The number of halogens is 1. The van der Waals surface area contributed by atoms with Crippen molar-refractivity contribution in [1.82, 2.24) is 19.8 Å². The third-order valence-corrected chi connectivity index (χ3v) is 1.95. The fraction of sp³-hybridized carbons (Fsp3) is 0.143. The lowest BCUT2D eigenvalue weighted by Crippen LogP contribution is -2.13. The first-order chi connectivity index (χ1) is 6.59. The molecule has 14 heavy (non-hydrogen) atoms. The number of fused-ring (bicyclic) bond motifs is 1. The number of carbonyl (C=O) groups is 1. The Bertz CT molecular complexity index is 520. The minimum Gasteiger partial charge on any atom is -0.365 e. The number of aromatic nitrogens is 4. The summed E-state index contributed by atoms with van der Waals surface area (Å²) in [5.41, 5.74) is 5.68. The van der Waals surface area contributed by atoms with Crippen LogP contribution in [0.15, 0.2) is 6.07 Å². The van der Waals surface area contributed by atoms with Gasteiger partial charge in [0.25, 0.3) is 5.91 Å². The minimum atomic E-state index is -0.605. The van der Waals surface area contributed by atoms with Gasteiger partial charge in [-0.2, -0.15) is 9.61 Å². The van der Waals surface area contributed by atoms with Gasteiger partial charge in [-0.05, 0) is 13.0 Å². The van der Waals surface area contributed by atoms with Crippen LogP contribution in [0.3, 0.4) is 0 Å². The van der Waals surface area contributed by atoms with Crippen LogP contribution in [0, 0.1) is 6.92 Å². The van der Waals surface area contributed by atoms with Crippen molar-refractivity contribution in [1.29, 1.82) is 0 Å². The predicted molar refractivity (Wildman–Crippen MR) is 49.0 cm³/mol. The maximum Gasteiger partial charge on any atom is 0.252 e. The molecular weight excluding hydrogens is 206 g/mol. The van der Waals surface area contributed by atoms with E-state index in [4.69, 9.17) is 17.3 Å². The lowest BCUT2D eigenvalue weighted by Gasteiger charge is -1.99. The monoisotopic (exact) mass is 211 g/mol. The Morgan fingerprint density at radius 1 is 1.57 bits per heavy atom. The van der Waals surface area contributed by atoms with Gasteiger partial charge in [0.1, 0.15) is 0 Å². The lowest BCUT2D eigenvalue weighted by atomic mass is 10.3. The normalized spacial score (nSPS) is 10.7. The van der Waals surface area contributed by atoms with Crippen LogP contribution in [0.25, 0.3) is 5.65 Å². The molecule has 0 saturated heterocycles. The summed E-state index contributed by atoms with van der Waals surface area (Å²) in [4.78, 5) is 11.0. The van der Waals surface area contributed by atoms with Gasteiger partial charge in [-0.3, -0.25) is 4.79 Å². The second-order valence-electron chi connectivity index (χ2n) is 2.73. The Kier molecular flexibility index (Phi) is 1.85. The van der Waals surface area contributed by atoms with E-state index in [1.165, 1.54) is 10.6 Å². The number of nitrogens with zero attached hydrogens (tertiary/aromatic N) is 4. The van der Waals surface area contributed by atoms with E-state index in [1.807, 2.05) is 0 Å². The van der Waals surface area contributed by atoms with Crippen LogP contribution >= 0.6 is 11.6 Å². The molecule has 2 N–H and O–H groups in total. The van der Waals surface area contributed by atoms with Crippen LogP contribution in [-0.4, -0.2) is 25.7 Å². The zero-order valence-electron chi connectivity index (χ0n) is 7.23. The molecular formula is C7H6ClN5O. The molecule has 0 saturated carbocycles. The van der Waals surface area contributed by atoms with Crippen molar-refractivity contribution in [2.75, 3.05) is 0 Å². The second kappa shape index (κ2) is 2.91. The number of rotatable bonds is 1. The number of carbonyl (C=O) groups excluding carboxylic acids is 1. The molecule has 2 aromatic rings. The third-order valence-electron chi connectivity index (χ3n) is 1.76. The molecule has 0 radical (unpaired) electrons. The number of hydrogen-bond donors (Lipinski definition) is 1. The van der Waals surface area contributed by atoms with Gasteiger partial charge in [0, 0.05) is 0 Å². The molecule has 0 fully saturated rings. The summed E-state index contributed by atoms with van der Waals surface area (Å²) in [7, 11) is 0. The van der Waals surface area contributed by atoms with E-state index >= 15 is 0 Å². The highest BCUT2D eigenvalue weighted by Gasteiger charge is 2.13. The molecule has 2 heterocycles. The van der Waals surface area contributed by atoms with E-state index < -0.39 is 5.91 Å². The van der Waals surface area contributed by atoms with Gasteiger partial charge in [-0.25, -0.2) is 0 Å². The number of aryl methyl sites for hydroxylation is 1. The van der Waals surface area contributed by atoms with Crippen LogP contribution < -0.4 is 5.73 Å². The maximum atomic E-state index is 11.0. The molecule has 0 bridgehead atoms. The molecule has 0 spiro atoms. The van der Waals surface area contributed by atoms with Gasteiger partial charge < -0.3 is 5.73 Å². The van der Waals surface area contributed by atoms with Gasteiger partial charge >= 0.3 is 0 Å². The summed E-state index contributed by atoms with van der Waals surface area (Å²) in [6, 6.07) is 1.37. The Morgan fingerprint density at radius 2 is 2.29 bits per heavy atom. The van der Waals surface area contributed by atoms with Gasteiger partial charge in [0.15, 0.2) is 16.6 Å². The first-order valence-corrected chi connectivity index (χ1v) is 4.16. The molecule has 0 unspecified atom stereocenters. The molecule has 1 amide bonds. The topological polar surface area (TPSA) is 86.2 Å². The highest BCUT2D eigenvalue weighted by Crippen LogP contribution is 2.13. The molecule has 2 rings (SSSR count). The van der Waals surface area contributed by atoms with E-state index in [0.717, 1.165) is 0 Å².